The van der Waals surface area contributed by atoms with Crippen LogP contribution in [0, 0.1) is 0 Å². The quantitative estimate of drug-likeness (QED) is 0.150. The average molecular weight is 765 g/mol. The number of fused-ring (bicyclic) bond motifs is 4. The summed E-state index contributed by atoms with van der Waals surface area (Å²) in [5, 5.41) is 4.93. The predicted molar refractivity (Wildman–Crippen MR) is 255 cm³/mol. The second-order valence-electron chi connectivity index (χ2n) is 15.3. The number of anilines is 3. The van der Waals surface area contributed by atoms with Crippen LogP contribution in [0.4, 0.5) is 17.1 Å². The van der Waals surface area contributed by atoms with Crippen molar-refractivity contribution in [1.29, 1.82) is 0 Å². The third-order valence-corrected chi connectivity index (χ3v) is 11.8. The van der Waals surface area contributed by atoms with Gasteiger partial charge in [-0.05, 0) is 86.6 Å². The van der Waals surface area contributed by atoms with Crippen LogP contribution < -0.4 is 4.90 Å². The van der Waals surface area contributed by atoms with Crippen molar-refractivity contribution in [2.24, 2.45) is 0 Å². The molecule has 2 nitrogen and oxygen atoms in total. The summed E-state index contributed by atoms with van der Waals surface area (Å²) < 4.78 is 2.48. The average Bonchev–Trinajstić information content (AvgIpc) is 3.66. The minimum absolute atomic E-state index is 1.08. The van der Waals surface area contributed by atoms with Crippen LogP contribution in [-0.2, 0) is 0 Å². The highest BCUT2D eigenvalue weighted by Gasteiger charge is 2.22. The van der Waals surface area contributed by atoms with Crippen LogP contribution >= 0.6 is 0 Å². The van der Waals surface area contributed by atoms with Gasteiger partial charge in [0.1, 0.15) is 0 Å². The molecule has 0 N–H and O–H groups in total. The van der Waals surface area contributed by atoms with Gasteiger partial charge in [-0.2, -0.15) is 0 Å². The number of nitrogens with zero attached hydrogens (tertiary/aromatic N) is 2. The molecular formula is C58H40N2. The van der Waals surface area contributed by atoms with Crippen LogP contribution in [-0.4, -0.2) is 4.57 Å². The van der Waals surface area contributed by atoms with Crippen molar-refractivity contribution in [2.75, 3.05) is 4.90 Å². The molecule has 11 aromatic rings. The Morgan fingerprint density at radius 3 is 1.58 bits per heavy atom. The zero-order valence-corrected chi connectivity index (χ0v) is 33.0. The molecule has 0 saturated heterocycles. The number of aromatic nitrogens is 1. The Kier molecular flexibility index (Phi) is 8.87. The Balaban J connectivity index is 1.16. The normalized spacial score (nSPS) is 11.3. The second-order valence-corrected chi connectivity index (χ2v) is 15.3. The van der Waals surface area contributed by atoms with Gasteiger partial charge < -0.3 is 9.47 Å². The first-order chi connectivity index (χ1) is 29.8. The Bertz CT molecular complexity index is 3290. The smallest absolute Gasteiger partial charge is 0.0562 e. The van der Waals surface area contributed by atoms with E-state index in [0.717, 1.165) is 28.3 Å². The molecule has 0 aliphatic rings. The lowest BCUT2D eigenvalue weighted by Crippen LogP contribution is -2.11. The van der Waals surface area contributed by atoms with E-state index >= 15 is 0 Å². The maximum Gasteiger partial charge on any atom is 0.0562 e. The molecule has 0 atom stereocenters. The maximum absolute atomic E-state index is 2.48. The monoisotopic (exact) mass is 764 g/mol. The van der Waals surface area contributed by atoms with Gasteiger partial charge in [0.15, 0.2) is 0 Å². The van der Waals surface area contributed by atoms with Crippen LogP contribution in [0.25, 0.3) is 82.8 Å². The fourth-order valence-corrected chi connectivity index (χ4v) is 9.08. The van der Waals surface area contributed by atoms with E-state index in [0.29, 0.717) is 0 Å². The topological polar surface area (TPSA) is 8.17 Å². The molecule has 10 aromatic carbocycles. The molecular weight excluding hydrogens is 725 g/mol. The van der Waals surface area contributed by atoms with Crippen LogP contribution in [0.3, 0.4) is 0 Å². The zero-order chi connectivity index (χ0) is 39.8. The van der Waals surface area contributed by atoms with Crippen molar-refractivity contribution in [3.8, 4) is 50.2 Å². The molecule has 0 bridgehead atoms. The predicted octanol–water partition coefficient (Wildman–Crippen LogP) is 16.1. The molecule has 1 heterocycles. The van der Waals surface area contributed by atoms with Crippen molar-refractivity contribution >= 4 is 49.6 Å². The Labute approximate surface area is 350 Å². The van der Waals surface area contributed by atoms with Crippen molar-refractivity contribution < 1.29 is 0 Å². The molecule has 282 valence electrons. The lowest BCUT2D eigenvalue weighted by molar-refractivity contribution is 1.18. The fraction of sp³-hybridized carbons (Fsp3) is 0. The standard InChI is InChI=1S/C58H40N2/c1-4-18-42(19-5-1)50-27-12-14-31-54(50)59(46-36-34-44(35-37-46)49-29-16-25-41-22-10-11-26-48(41)49)47-38-39-53-52-28-13-15-32-55(52)60(57(53)40-47)56-33-17-30-51(43-20-6-2-7-21-43)58(56)45-23-8-3-9-24-45/h1-40H. The fourth-order valence-electron chi connectivity index (χ4n) is 9.08. The van der Waals surface area contributed by atoms with Crippen LogP contribution in [0.15, 0.2) is 243 Å². The number of para-hydroxylation sites is 2. The summed E-state index contributed by atoms with van der Waals surface area (Å²) in [5.74, 6) is 0. The molecule has 0 radical (unpaired) electrons. The van der Waals surface area contributed by atoms with Gasteiger partial charge in [0, 0.05) is 33.3 Å². The Morgan fingerprint density at radius 1 is 0.300 bits per heavy atom. The first-order valence-corrected chi connectivity index (χ1v) is 20.6. The maximum atomic E-state index is 2.48. The van der Waals surface area contributed by atoms with Crippen LogP contribution in [0.2, 0.25) is 0 Å². The highest BCUT2D eigenvalue weighted by atomic mass is 15.1. The van der Waals surface area contributed by atoms with Gasteiger partial charge in [-0.1, -0.05) is 200 Å². The third kappa shape index (κ3) is 6.14. The highest BCUT2D eigenvalue weighted by Crippen LogP contribution is 2.45. The minimum atomic E-state index is 1.08. The third-order valence-electron chi connectivity index (χ3n) is 11.8. The summed E-state index contributed by atoms with van der Waals surface area (Å²) >= 11 is 0. The van der Waals surface area contributed by atoms with Gasteiger partial charge in [-0.3, -0.25) is 0 Å². The zero-order valence-electron chi connectivity index (χ0n) is 33.0. The molecule has 0 unspecified atom stereocenters. The summed E-state index contributed by atoms with van der Waals surface area (Å²) in [5.41, 5.74) is 16.3. The van der Waals surface area contributed by atoms with E-state index in [2.05, 4.69) is 252 Å². The summed E-state index contributed by atoms with van der Waals surface area (Å²) in [6.07, 6.45) is 0. The molecule has 0 saturated carbocycles. The summed E-state index contributed by atoms with van der Waals surface area (Å²) in [6.45, 7) is 0. The van der Waals surface area contributed by atoms with Gasteiger partial charge >= 0.3 is 0 Å². The van der Waals surface area contributed by atoms with Crippen molar-refractivity contribution in [3.05, 3.63) is 243 Å². The molecule has 1 aromatic heterocycles. The number of rotatable bonds is 8. The van der Waals surface area contributed by atoms with Crippen molar-refractivity contribution in [2.45, 2.75) is 0 Å². The van der Waals surface area contributed by atoms with E-state index in [-0.39, 0.29) is 0 Å². The summed E-state index contributed by atoms with van der Waals surface area (Å²) in [6, 6.07) is 87.9. The van der Waals surface area contributed by atoms with Gasteiger partial charge in [0.2, 0.25) is 0 Å². The van der Waals surface area contributed by atoms with E-state index in [9.17, 15) is 0 Å². The number of benzene rings is 10. The second kappa shape index (κ2) is 15.1. The molecule has 0 aliphatic carbocycles. The molecule has 60 heavy (non-hydrogen) atoms. The summed E-state index contributed by atoms with van der Waals surface area (Å²) in [4.78, 5) is 2.43. The first-order valence-electron chi connectivity index (χ1n) is 20.6. The number of hydrogen-bond donors (Lipinski definition) is 0. The van der Waals surface area contributed by atoms with E-state index < -0.39 is 0 Å². The SMILES string of the molecule is c1ccc(-c2ccccc2N(c2ccc(-c3cccc4ccccc34)cc2)c2ccc3c4ccccc4n(-c4cccc(-c5ccccc5)c4-c4ccccc4)c3c2)cc1. The van der Waals surface area contributed by atoms with Crippen molar-refractivity contribution in [1.82, 2.24) is 4.57 Å². The lowest BCUT2D eigenvalue weighted by Gasteiger charge is -2.28. The molecule has 0 fully saturated rings. The van der Waals surface area contributed by atoms with E-state index in [1.165, 1.54) is 71.6 Å². The van der Waals surface area contributed by atoms with Crippen LogP contribution in [0.1, 0.15) is 0 Å². The Hall–Kier alpha value is -7.94. The van der Waals surface area contributed by atoms with E-state index in [1.807, 2.05) is 0 Å². The van der Waals surface area contributed by atoms with Gasteiger partial charge in [-0.25, -0.2) is 0 Å². The molecule has 0 amide bonds. The first kappa shape index (κ1) is 35.2. The van der Waals surface area contributed by atoms with Gasteiger partial charge in [0.25, 0.3) is 0 Å². The van der Waals surface area contributed by atoms with Gasteiger partial charge in [-0.15, -0.1) is 0 Å². The summed E-state index contributed by atoms with van der Waals surface area (Å²) in [7, 11) is 0. The highest BCUT2D eigenvalue weighted by molar-refractivity contribution is 6.11. The van der Waals surface area contributed by atoms with Crippen LogP contribution in [0.5, 0.6) is 0 Å². The molecule has 0 aliphatic heterocycles. The number of hydrogen-bond acceptors (Lipinski definition) is 1. The lowest BCUT2D eigenvalue weighted by atomic mass is 9.93. The van der Waals surface area contributed by atoms with E-state index in [4.69, 9.17) is 0 Å². The van der Waals surface area contributed by atoms with Crippen molar-refractivity contribution in [3.63, 3.8) is 0 Å². The molecule has 11 rings (SSSR count). The minimum Gasteiger partial charge on any atom is -0.310 e. The van der Waals surface area contributed by atoms with E-state index in [1.54, 1.807) is 0 Å². The molecule has 2 heteroatoms. The van der Waals surface area contributed by atoms with Gasteiger partial charge in [0.05, 0.1) is 22.4 Å². The largest absolute Gasteiger partial charge is 0.310 e. The molecule has 0 spiro atoms. The Morgan fingerprint density at radius 2 is 0.817 bits per heavy atom.